The maximum absolute atomic E-state index is 11.7. The summed E-state index contributed by atoms with van der Waals surface area (Å²) in [4.78, 5) is 23.1. The SMILES string of the molecule is CNCC(C)C(=O)NCc1ccc(C(=O)NC)cc1.Cl. The van der Waals surface area contributed by atoms with Crippen LogP contribution in [-0.2, 0) is 11.3 Å². The maximum Gasteiger partial charge on any atom is 0.251 e. The van der Waals surface area contributed by atoms with Gasteiger partial charge in [0.1, 0.15) is 0 Å². The van der Waals surface area contributed by atoms with Gasteiger partial charge in [-0.3, -0.25) is 9.59 Å². The average molecular weight is 300 g/mol. The van der Waals surface area contributed by atoms with Crippen molar-refractivity contribution in [2.45, 2.75) is 13.5 Å². The van der Waals surface area contributed by atoms with Gasteiger partial charge < -0.3 is 16.0 Å². The number of nitrogens with one attached hydrogen (secondary N) is 3. The monoisotopic (exact) mass is 299 g/mol. The van der Waals surface area contributed by atoms with Crippen molar-refractivity contribution in [3.63, 3.8) is 0 Å². The Morgan fingerprint density at radius 3 is 2.25 bits per heavy atom. The van der Waals surface area contributed by atoms with E-state index in [4.69, 9.17) is 0 Å². The molecule has 0 spiro atoms. The fraction of sp³-hybridized carbons (Fsp3) is 0.429. The molecule has 0 bridgehead atoms. The molecule has 0 aliphatic rings. The summed E-state index contributed by atoms with van der Waals surface area (Å²) in [6.45, 7) is 3.00. The fourth-order valence-electron chi connectivity index (χ4n) is 1.68. The van der Waals surface area contributed by atoms with Gasteiger partial charge >= 0.3 is 0 Å². The quantitative estimate of drug-likeness (QED) is 0.732. The molecule has 0 aliphatic carbocycles. The van der Waals surface area contributed by atoms with Crippen LogP contribution in [0.2, 0.25) is 0 Å². The smallest absolute Gasteiger partial charge is 0.251 e. The zero-order chi connectivity index (χ0) is 14.3. The van der Waals surface area contributed by atoms with E-state index >= 15 is 0 Å². The van der Waals surface area contributed by atoms with Crippen LogP contribution >= 0.6 is 12.4 Å². The third-order valence-corrected chi connectivity index (χ3v) is 2.87. The van der Waals surface area contributed by atoms with Crippen molar-refractivity contribution in [3.05, 3.63) is 35.4 Å². The fourth-order valence-corrected chi connectivity index (χ4v) is 1.68. The van der Waals surface area contributed by atoms with E-state index in [0.717, 1.165) is 5.56 Å². The average Bonchev–Trinajstić information content (AvgIpc) is 2.44. The lowest BCUT2D eigenvalue weighted by Crippen LogP contribution is -2.33. The normalized spacial score (nSPS) is 11.2. The molecule has 6 heteroatoms. The van der Waals surface area contributed by atoms with Gasteiger partial charge in [0.05, 0.1) is 0 Å². The summed E-state index contributed by atoms with van der Waals surface area (Å²) in [6, 6.07) is 7.18. The standard InChI is InChI=1S/C14H21N3O2.ClH/c1-10(8-15-2)13(18)17-9-11-4-6-12(7-5-11)14(19)16-3;/h4-7,10,15H,8-9H2,1-3H3,(H,16,19)(H,17,18);1H. The highest BCUT2D eigenvalue weighted by atomic mass is 35.5. The predicted octanol–water partition coefficient (Wildman–Crippen LogP) is 0.940. The van der Waals surface area contributed by atoms with Gasteiger partial charge in [0.2, 0.25) is 5.91 Å². The van der Waals surface area contributed by atoms with Gasteiger partial charge in [0.25, 0.3) is 5.91 Å². The molecule has 20 heavy (non-hydrogen) atoms. The third kappa shape index (κ3) is 5.59. The van der Waals surface area contributed by atoms with Crippen LogP contribution in [0.15, 0.2) is 24.3 Å². The van der Waals surface area contributed by atoms with Crippen LogP contribution in [0.3, 0.4) is 0 Å². The first-order valence-corrected chi connectivity index (χ1v) is 6.31. The second-order valence-corrected chi connectivity index (χ2v) is 4.45. The lowest BCUT2D eigenvalue weighted by Gasteiger charge is -2.11. The summed E-state index contributed by atoms with van der Waals surface area (Å²) >= 11 is 0. The van der Waals surface area contributed by atoms with Crippen LogP contribution in [-0.4, -0.2) is 32.5 Å². The van der Waals surface area contributed by atoms with E-state index in [1.807, 2.05) is 26.1 Å². The number of halogens is 1. The number of amides is 2. The molecule has 3 N–H and O–H groups in total. The molecule has 1 unspecified atom stereocenters. The Kier molecular flexibility index (Phi) is 8.59. The minimum atomic E-state index is -0.113. The summed E-state index contributed by atoms with van der Waals surface area (Å²) in [5.74, 6) is -0.155. The highest BCUT2D eigenvalue weighted by Gasteiger charge is 2.11. The van der Waals surface area contributed by atoms with Crippen molar-refractivity contribution in [1.29, 1.82) is 0 Å². The molecule has 1 rings (SSSR count). The van der Waals surface area contributed by atoms with E-state index in [1.165, 1.54) is 0 Å². The molecular formula is C14H22ClN3O2. The van der Waals surface area contributed by atoms with Gasteiger partial charge in [0.15, 0.2) is 0 Å². The van der Waals surface area contributed by atoms with Gasteiger partial charge in [-0.25, -0.2) is 0 Å². The number of hydrogen-bond donors (Lipinski definition) is 3. The summed E-state index contributed by atoms with van der Waals surface area (Å²) in [6.07, 6.45) is 0. The zero-order valence-corrected chi connectivity index (χ0v) is 12.8. The molecule has 0 aromatic heterocycles. The Hall–Kier alpha value is -1.59. The molecule has 0 saturated carbocycles. The lowest BCUT2D eigenvalue weighted by molar-refractivity contribution is -0.124. The highest BCUT2D eigenvalue weighted by molar-refractivity contribution is 5.93. The molecule has 1 aromatic rings. The minimum absolute atomic E-state index is 0. The first-order chi connectivity index (χ1) is 9.08. The van der Waals surface area contributed by atoms with Gasteiger partial charge in [-0.15, -0.1) is 12.4 Å². The van der Waals surface area contributed by atoms with E-state index in [-0.39, 0.29) is 30.1 Å². The Bertz CT molecular complexity index is 435. The van der Waals surface area contributed by atoms with E-state index in [2.05, 4.69) is 16.0 Å². The number of rotatable bonds is 6. The predicted molar refractivity (Wildman–Crippen MR) is 82.0 cm³/mol. The van der Waals surface area contributed by atoms with Crippen LogP contribution in [0.1, 0.15) is 22.8 Å². The lowest BCUT2D eigenvalue weighted by atomic mass is 10.1. The molecule has 112 valence electrons. The van der Waals surface area contributed by atoms with Crippen LogP contribution in [0.25, 0.3) is 0 Å². The summed E-state index contributed by atoms with van der Waals surface area (Å²) in [5, 5.41) is 8.40. The zero-order valence-electron chi connectivity index (χ0n) is 12.0. The van der Waals surface area contributed by atoms with Crippen LogP contribution in [0, 0.1) is 5.92 Å². The van der Waals surface area contributed by atoms with Gasteiger partial charge in [-0.2, -0.15) is 0 Å². The van der Waals surface area contributed by atoms with Crippen LogP contribution in [0.4, 0.5) is 0 Å². The largest absolute Gasteiger partial charge is 0.355 e. The second-order valence-electron chi connectivity index (χ2n) is 4.45. The third-order valence-electron chi connectivity index (χ3n) is 2.87. The molecule has 0 heterocycles. The molecule has 1 atom stereocenters. The van der Waals surface area contributed by atoms with Gasteiger partial charge in [-0.05, 0) is 24.7 Å². The summed E-state index contributed by atoms with van der Waals surface area (Å²) in [5.41, 5.74) is 1.58. The maximum atomic E-state index is 11.7. The molecule has 5 nitrogen and oxygen atoms in total. The molecule has 0 radical (unpaired) electrons. The van der Waals surface area contributed by atoms with Gasteiger partial charge in [0, 0.05) is 31.6 Å². The van der Waals surface area contributed by atoms with Crippen molar-refractivity contribution in [2.75, 3.05) is 20.6 Å². The number of carbonyl (C=O) groups excluding carboxylic acids is 2. The van der Waals surface area contributed by atoms with E-state index in [0.29, 0.717) is 18.7 Å². The van der Waals surface area contributed by atoms with Crippen molar-refractivity contribution in [2.24, 2.45) is 5.92 Å². The molecular weight excluding hydrogens is 278 g/mol. The van der Waals surface area contributed by atoms with Crippen molar-refractivity contribution in [1.82, 2.24) is 16.0 Å². The first-order valence-electron chi connectivity index (χ1n) is 6.31. The van der Waals surface area contributed by atoms with Crippen molar-refractivity contribution in [3.8, 4) is 0 Å². The Morgan fingerprint density at radius 2 is 1.75 bits per heavy atom. The summed E-state index contributed by atoms with van der Waals surface area (Å²) < 4.78 is 0. The van der Waals surface area contributed by atoms with E-state index < -0.39 is 0 Å². The second kappa shape index (κ2) is 9.34. The van der Waals surface area contributed by atoms with Crippen molar-refractivity contribution >= 4 is 24.2 Å². The number of carbonyl (C=O) groups is 2. The van der Waals surface area contributed by atoms with E-state index in [1.54, 1.807) is 19.2 Å². The Morgan fingerprint density at radius 1 is 1.15 bits per heavy atom. The highest BCUT2D eigenvalue weighted by Crippen LogP contribution is 2.04. The number of benzene rings is 1. The van der Waals surface area contributed by atoms with Crippen molar-refractivity contribution < 1.29 is 9.59 Å². The molecule has 0 aliphatic heterocycles. The van der Waals surface area contributed by atoms with E-state index in [9.17, 15) is 9.59 Å². The van der Waals surface area contributed by atoms with Gasteiger partial charge in [-0.1, -0.05) is 19.1 Å². The summed E-state index contributed by atoms with van der Waals surface area (Å²) in [7, 11) is 3.42. The molecule has 0 fully saturated rings. The first kappa shape index (κ1) is 18.4. The van der Waals surface area contributed by atoms with Crippen LogP contribution in [0.5, 0.6) is 0 Å². The number of hydrogen-bond acceptors (Lipinski definition) is 3. The van der Waals surface area contributed by atoms with Crippen LogP contribution < -0.4 is 16.0 Å². The topological polar surface area (TPSA) is 70.2 Å². The molecule has 0 saturated heterocycles. The Labute approximate surface area is 125 Å². The minimum Gasteiger partial charge on any atom is -0.355 e. The molecule has 2 amide bonds. The Balaban J connectivity index is 0.00000361. The molecule has 1 aromatic carbocycles.